The van der Waals surface area contributed by atoms with Crippen molar-refractivity contribution in [3.05, 3.63) is 82.3 Å². The van der Waals surface area contributed by atoms with E-state index in [9.17, 15) is 13.2 Å². The van der Waals surface area contributed by atoms with Crippen molar-refractivity contribution in [1.29, 1.82) is 0 Å². The van der Waals surface area contributed by atoms with Crippen LogP contribution in [0.5, 0.6) is 5.75 Å². The van der Waals surface area contributed by atoms with E-state index in [1.54, 1.807) is 30.3 Å². The summed E-state index contributed by atoms with van der Waals surface area (Å²) in [6.45, 7) is 0.0658. The molecule has 160 valence electrons. The highest BCUT2D eigenvalue weighted by atomic mass is 35.5. The van der Waals surface area contributed by atoms with Gasteiger partial charge in [0.1, 0.15) is 5.75 Å². The van der Waals surface area contributed by atoms with Crippen molar-refractivity contribution in [2.75, 3.05) is 22.8 Å². The van der Waals surface area contributed by atoms with Crippen LogP contribution in [0.2, 0.25) is 10.0 Å². The van der Waals surface area contributed by atoms with E-state index in [-0.39, 0.29) is 22.3 Å². The highest BCUT2D eigenvalue weighted by molar-refractivity contribution is 7.92. The number of ether oxygens (including phenoxy) is 1. The summed E-state index contributed by atoms with van der Waals surface area (Å²) in [7, 11) is -3.77. The van der Waals surface area contributed by atoms with Gasteiger partial charge in [0.15, 0.2) is 6.61 Å². The highest BCUT2D eigenvalue weighted by Gasteiger charge is 2.31. The first-order valence-corrected chi connectivity index (χ1v) is 11.6. The van der Waals surface area contributed by atoms with Crippen LogP contribution in [0.15, 0.2) is 71.6 Å². The van der Waals surface area contributed by atoms with Crippen LogP contribution in [-0.2, 0) is 21.2 Å². The van der Waals surface area contributed by atoms with Gasteiger partial charge < -0.3 is 10.1 Å². The number of para-hydroxylation sites is 2. The molecule has 6 nitrogen and oxygen atoms in total. The number of carbonyl (C=O) groups excluding carboxylic acids is 1. The van der Waals surface area contributed by atoms with Crippen molar-refractivity contribution in [1.82, 2.24) is 0 Å². The van der Waals surface area contributed by atoms with Gasteiger partial charge in [-0.15, -0.1) is 0 Å². The largest absolute Gasteiger partial charge is 0.482 e. The molecular weight excluding hydrogens is 459 g/mol. The van der Waals surface area contributed by atoms with Gasteiger partial charge in [-0.25, -0.2) is 8.42 Å². The van der Waals surface area contributed by atoms with Gasteiger partial charge in [0.05, 0.1) is 26.3 Å². The van der Waals surface area contributed by atoms with Crippen LogP contribution in [0.3, 0.4) is 0 Å². The first kappa shape index (κ1) is 21.5. The Balaban J connectivity index is 1.46. The standard InChI is InChI=1S/C22H18Cl2N2O4S/c23-17-6-2-3-7-19(17)25-22(27)14-30-21-10-9-16(13-18(21)24)31(28,29)26-12-11-15-5-1-4-8-20(15)26/h1-10,13H,11-12,14H2,(H,25,27). The van der Waals surface area contributed by atoms with E-state index >= 15 is 0 Å². The summed E-state index contributed by atoms with van der Waals surface area (Å²) in [6, 6.07) is 18.4. The molecule has 0 saturated heterocycles. The fourth-order valence-corrected chi connectivity index (χ4v) is 5.35. The van der Waals surface area contributed by atoms with E-state index in [4.69, 9.17) is 27.9 Å². The Labute approximate surface area is 190 Å². The Morgan fingerprint density at radius 1 is 1.00 bits per heavy atom. The summed E-state index contributed by atoms with van der Waals surface area (Å²) in [5, 5.41) is 3.15. The molecule has 31 heavy (non-hydrogen) atoms. The molecule has 1 amide bonds. The van der Waals surface area contributed by atoms with Crippen LogP contribution < -0.4 is 14.4 Å². The summed E-state index contributed by atoms with van der Waals surface area (Å²) >= 11 is 12.3. The first-order valence-electron chi connectivity index (χ1n) is 9.43. The molecule has 0 spiro atoms. The summed E-state index contributed by atoms with van der Waals surface area (Å²) in [4.78, 5) is 12.2. The summed E-state index contributed by atoms with van der Waals surface area (Å²) in [5.74, 6) is -0.216. The smallest absolute Gasteiger partial charge is 0.264 e. The molecule has 1 aliphatic rings. The topological polar surface area (TPSA) is 75.7 Å². The minimum atomic E-state index is -3.77. The number of anilines is 2. The van der Waals surface area contributed by atoms with E-state index in [0.29, 0.717) is 29.4 Å². The fourth-order valence-electron chi connectivity index (χ4n) is 3.34. The van der Waals surface area contributed by atoms with Gasteiger partial charge in [-0.3, -0.25) is 9.10 Å². The molecule has 0 fully saturated rings. The number of sulfonamides is 1. The van der Waals surface area contributed by atoms with E-state index in [0.717, 1.165) is 5.56 Å². The maximum Gasteiger partial charge on any atom is 0.264 e. The van der Waals surface area contributed by atoms with E-state index in [1.165, 1.54) is 22.5 Å². The molecule has 0 aliphatic carbocycles. The number of rotatable bonds is 6. The number of nitrogens with one attached hydrogen (secondary N) is 1. The molecule has 0 unspecified atom stereocenters. The van der Waals surface area contributed by atoms with E-state index < -0.39 is 15.9 Å². The van der Waals surface area contributed by atoms with Crippen molar-refractivity contribution in [2.45, 2.75) is 11.3 Å². The second kappa shape index (κ2) is 8.78. The van der Waals surface area contributed by atoms with Crippen molar-refractivity contribution in [3.8, 4) is 5.75 Å². The van der Waals surface area contributed by atoms with Gasteiger partial charge in [-0.05, 0) is 48.4 Å². The lowest BCUT2D eigenvalue weighted by Crippen LogP contribution is -2.29. The average molecular weight is 477 g/mol. The molecule has 0 radical (unpaired) electrons. The number of nitrogens with zero attached hydrogens (tertiary/aromatic N) is 1. The van der Waals surface area contributed by atoms with Crippen molar-refractivity contribution in [2.24, 2.45) is 0 Å². The predicted octanol–water partition coefficient (Wildman–Crippen LogP) is 4.76. The van der Waals surface area contributed by atoms with E-state index in [1.807, 2.05) is 18.2 Å². The van der Waals surface area contributed by atoms with Gasteiger partial charge >= 0.3 is 0 Å². The monoisotopic (exact) mass is 476 g/mol. The molecule has 9 heteroatoms. The Bertz CT molecular complexity index is 1250. The normalized spacial score (nSPS) is 13.0. The second-order valence-electron chi connectivity index (χ2n) is 6.86. The molecule has 4 rings (SSSR count). The fraction of sp³-hybridized carbons (Fsp3) is 0.136. The number of hydrogen-bond donors (Lipinski definition) is 1. The Morgan fingerprint density at radius 3 is 2.52 bits per heavy atom. The van der Waals surface area contributed by atoms with Crippen molar-refractivity contribution in [3.63, 3.8) is 0 Å². The average Bonchev–Trinajstić information content (AvgIpc) is 3.19. The second-order valence-corrected chi connectivity index (χ2v) is 9.54. The van der Waals surface area contributed by atoms with Gasteiger partial charge in [0.2, 0.25) is 0 Å². The number of benzene rings is 3. The van der Waals surface area contributed by atoms with Crippen LogP contribution in [0.1, 0.15) is 5.56 Å². The van der Waals surface area contributed by atoms with Gasteiger partial charge in [-0.1, -0.05) is 53.5 Å². The summed E-state index contributed by atoms with van der Waals surface area (Å²) in [5.41, 5.74) is 2.13. The first-order chi connectivity index (χ1) is 14.9. The number of carbonyl (C=O) groups is 1. The zero-order valence-electron chi connectivity index (χ0n) is 16.2. The third-order valence-corrected chi connectivity index (χ3v) is 7.28. The van der Waals surface area contributed by atoms with Gasteiger partial charge in [0, 0.05) is 6.54 Å². The zero-order chi connectivity index (χ0) is 22.0. The molecule has 0 atom stereocenters. The third kappa shape index (κ3) is 4.49. The molecule has 1 heterocycles. The maximum absolute atomic E-state index is 13.1. The van der Waals surface area contributed by atoms with Crippen molar-refractivity contribution >= 4 is 50.5 Å². The predicted molar refractivity (Wildman–Crippen MR) is 122 cm³/mol. The van der Waals surface area contributed by atoms with Crippen LogP contribution >= 0.6 is 23.2 Å². The van der Waals surface area contributed by atoms with Crippen LogP contribution in [0.25, 0.3) is 0 Å². The molecule has 1 aliphatic heterocycles. The minimum Gasteiger partial charge on any atom is -0.482 e. The van der Waals surface area contributed by atoms with Gasteiger partial charge in [0.25, 0.3) is 15.9 Å². The van der Waals surface area contributed by atoms with E-state index in [2.05, 4.69) is 5.32 Å². The molecule has 3 aromatic rings. The lowest BCUT2D eigenvalue weighted by molar-refractivity contribution is -0.118. The number of hydrogen-bond acceptors (Lipinski definition) is 4. The quantitative estimate of drug-likeness (QED) is 0.556. The van der Waals surface area contributed by atoms with Crippen LogP contribution in [0.4, 0.5) is 11.4 Å². The number of fused-ring (bicyclic) bond motifs is 1. The third-order valence-electron chi connectivity index (χ3n) is 4.84. The maximum atomic E-state index is 13.1. The molecule has 3 aromatic carbocycles. The molecule has 0 bridgehead atoms. The Hall–Kier alpha value is -2.74. The molecule has 1 N–H and O–H groups in total. The molecular formula is C22H18Cl2N2O4S. The van der Waals surface area contributed by atoms with Crippen LogP contribution in [0, 0.1) is 0 Å². The number of halogens is 2. The Kier molecular flexibility index (Phi) is 6.09. The highest BCUT2D eigenvalue weighted by Crippen LogP contribution is 2.35. The lowest BCUT2D eigenvalue weighted by Gasteiger charge is -2.20. The van der Waals surface area contributed by atoms with Gasteiger partial charge in [-0.2, -0.15) is 0 Å². The number of amides is 1. The summed E-state index contributed by atoms with van der Waals surface area (Å²) < 4.78 is 33.1. The zero-order valence-corrected chi connectivity index (χ0v) is 18.5. The SMILES string of the molecule is O=C(COc1ccc(S(=O)(=O)N2CCc3ccccc32)cc1Cl)Nc1ccccc1Cl. The summed E-state index contributed by atoms with van der Waals surface area (Å²) in [6.07, 6.45) is 0.658. The van der Waals surface area contributed by atoms with Crippen LogP contribution in [-0.4, -0.2) is 27.5 Å². The molecule has 0 aromatic heterocycles. The molecule has 0 saturated carbocycles. The minimum absolute atomic E-state index is 0.0575. The Morgan fingerprint density at radius 2 is 1.74 bits per heavy atom. The van der Waals surface area contributed by atoms with Crippen molar-refractivity contribution < 1.29 is 17.9 Å². The lowest BCUT2D eigenvalue weighted by atomic mass is 10.2.